The summed E-state index contributed by atoms with van der Waals surface area (Å²) in [4.78, 5) is 21.9. The van der Waals surface area contributed by atoms with Crippen LogP contribution in [0.4, 0.5) is 0 Å². The van der Waals surface area contributed by atoms with Gasteiger partial charge in [-0.15, -0.1) is 0 Å². The summed E-state index contributed by atoms with van der Waals surface area (Å²) in [5.41, 5.74) is 2.64. The van der Waals surface area contributed by atoms with E-state index in [4.69, 9.17) is 9.78 Å². The highest BCUT2D eigenvalue weighted by Gasteiger charge is 2.19. The SMILES string of the molecule is Cc1cc(C)cc(C(=O)OO[C]2CCCCC2)c1. The van der Waals surface area contributed by atoms with Crippen LogP contribution in [0, 0.1) is 20.0 Å². The monoisotopic (exact) mass is 247 g/mol. The maximum Gasteiger partial charge on any atom is 0.373 e. The zero-order chi connectivity index (χ0) is 13.0. The van der Waals surface area contributed by atoms with Crippen LogP contribution in [0.25, 0.3) is 0 Å². The molecule has 97 valence electrons. The van der Waals surface area contributed by atoms with E-state index in [0.29, 0.717) is 5.56 Å². The van der Waals surface area contributed by atoms with Gasteiger partial charge in [0.2, 0.25) is 0 Å². The van der Waals surface area contributed by atoms with E-state index in [2.05, 4.69) is 0 Å². The standard InChI is InChI=1S/C15H19O3/c1-11-8-12(2)10-13(9-11)15(16)18-17-14-6-4-3-5-7-14/h8-10H,3-7H2,1-2H3. The van der Waals surface area contributed by atoms with Gasteiger partial charge in [-0.3, -0.25) is 4.89 Å². The van der Waals surface area contributed by atoms with Crippen LogP contribution >= 0.6 is 0 Å². The van der Waals surface area contributed by atoms with Crippen molar-refractivity contribution in [3.8, 4) is 0 Å². The van der Waals surface area contributed by atoms with E-state index in [1.165, 1.54) is 6.42 Å². The maximum atomic E-state index is 11.8. The molecule has 3 heteroatoms. The average Bonchev–Trinajstić information content (AvgIpc) is 2.36. The summed E-state index contributed by atoms with van der Waals surface area (Å²) in [6.45, 7) is 3.92. The highest BCUT2D eigenvalue weighted by Crippen LogP contribution is 2.26. The van der Waals surface area contributed by atoms with Gasteiger partial charge in [-0.2, -0.15) is 4.89 Å². The predicted molar refractivity (Wildman–Crippen MR) is 68.7 cm³/mol. The minimum atomic E-state index is -0.417. The van der Waals surface area contributed by atoms with Crippen LogP contribution in [0.2, 0.25) is 0 Å². The van der Waals surface area contributed by atoms with Crippen LogP contribution in [0.1, 0.15) is 53.6 Å². The highest BCUT2D eigenvalue weighted by atomic mass is 17.2. The van der Waals surface area contributed by atoms with Gasteiger partial charge in [0.25, 0.3) is 0 Å². The Labute approximate surface area is 108 Å². The number of hydrogen-bond donors (Lipinski definition) is 0. The summed E-state index contributed by atoms with van der Waals surface area (Å²) in [6, 6.07) is 5.64. The third kappa shape index (κ3) is 3.57. The molecule has 1 fully saturated rings. The van der Waals surface area contributed by atoms with Crippen molar-refractivity contribution in [2.75, 3.05) is 0 Å². The van der Waals surface area contributed by atoms with E-state index >= 15 is 0 Å². The molecular weight excluding hydrogens is 228 g/mol. The molecule has 0 saturated heterocycles. The molecule has 0 spiro atoms. The van der Waals surface area contributed by atoms with Crippen LogP contribution in [0.5, 0.6) is 0 Å². The predicted octanol–water partition coefficient (Wildman–Crippen LogP) is 3.89. The van der Waals surface area contributed by atoms with Gasteiger partial charge in [0.05, 0.1) is 5.56 Å². The molecule has 18 heavy (non-hydrogen) atoms. The molecule has 1 aromatic carbocycles. The number of aryl methyl sites for hydroxylation is 2. The molecule has 1 radical (unpaired) electrons. The number of carbonyl (C=O) groups excluding carboxylic acids is 1. The molecule has 0 heterocycles. The quantitative estimate of drug-likeness (QED) is 0.600. The Morgan fingerprint density at radius 2 is 1.61 bits per heavy atom. The van der Waals surface area contributed by atoms with E-state index in [-0.39, 0.29) is 0 Å². The fourth-order valence-electron chi connectivity index (χ4n) is 2.27. The summed E-state index contributed by atoms with van der Waals surface area (Å²) >= 11 is 0. The van der Waals surface area contributed by atoms with Crippen LogP contribution in [0.3, 0.4) is 0 Å². The van der Waals surface area contributed by atoms with E-state index in [9.17, 15) is 4.79 Å². The summed E-state index contributed by atoms with van der Waals surface area (Å²) < 4.78 is 0. The van der Waals surface area contributed by atoms with Crippen LogP contribution in [0.15, 0.2) is 18.2 Å². The number of hydrogen-bond acceptors (Lipinski definition) is 3. The van der Waals surface area contributed by atoms with Gasteiger partial charge >= 0.3 is 5.97 Å². The molecule has 0 atom stereocenters. The molecule has 1 saturated carbocycles. The van der Waals surface area contributed by atoms with Gasteiger partial charge in [0.1, 0.15) is 6.10 Å². The largest absolute Gasteiger partial charge is 0.373 e. The topological polar surface area (TPSA) is 35.5 Å². The summed E-state index contributed by atoms with van der Waals surface area (Å²) in [5, 5.41) is 0. The number of carbonyl (C=O) groups is 1. The van der Waals surface area contributed by atoms with Gasteiger partial charge in [-0.1, -0.05) is 36.5 Å². The lowest BCUT2D eigenvalue weighted by Gasteiger charge is -2.18. The minimum Gasteiger partial charge on any atom is -0.292 e. The molecule has 1 aromatic rings. The molecule has 2 rings (SSSR count). The minimum absolute atomic E-state index is 0.417. The third-order valence-corrected chi connectivity index (χ3v) is 3.10. The Morgan fingerprint density at radius 3 is 2.22 bits per heavy atom. The second-order valence-electron chi connectivity index (χ2n) is 4.93. The zero-order valence-corrected chi connectivity index (χ0v) is 11.0. The zero-order valence-electron chi connectivity index (χ0n) is 11.0. The first kappa shape index (κ1) is 13.1. The fourth-order valence-corrected chi connectivity index (χ4v) is 2.27. The average molecular weight is 247 g/mol. The Hall–Kier alpha value is -1.35. The van der Waals surface area contributed by atoms with Crippen molar-refractivity contribution < 1.29 is 14.6 Å². The molecule has 1 aliphatic rings. The van der Waals surface area contributed by atoms with Crippen LogP contribution in [-0.4, -0.2) is 5.97 Å². The Kier molecular flexibility index (Phi) is 4.37. The van der Waals surface area contributed by atoms with E-state index in [1.54, 1.807) is 0 Å². The lowest BCUT2D eigenvalue weighted by Crippen LogP contribution is -2.13. The normalized spacial score (nSPS) is 16.6. The first-order valence-corrected chi connectivity index (χ1v) is 6.47. The summed E-state index contributed by atoms with van der Waals surface area (Å²) in [5.74, 6) is -0.417. The van der Waals surface area contributed by atoms with Crippen LogP contribution < -0.4 is 0 Å². The van der Waals surface area contributed by atoms with E-state index in [1.807, 2.05) is 32.0 Å². The molecule has 0 unspecified atom stereocenters. The first-order valence-electron chi connectivity index (χ1n) is 6.47. The first-order chi connectivity index (χ1) is 8.65. The molecule has 0 bridgehead atoms. The molecule has 3 nitrogen and oxygen atoms in total. The van der Waals surface area contributed by atoms with Gasteiger partial charge in [-0.05, 0) is 38.8 Å². The molecule has 0 aliphatic heterocycles. The van der Waals surface area contributed by atoms with Crippen molar-refractivity contribution in [3.05, 3.63) is 41.0 Å². The van der Waals surface area contributed by atoms with Gasteiger partial charge in [-0.25, -0.2) is 4.79 Å². The number of rotatable bonds is 3. The van der Waals surface area contributed by atoms with E-state index in [0.717, 1.165) is 42.9 Å². The van der Waals surface area contributed by atoms with Crippen molar-refractivity contribution in [2.45, 2.75) is 46.0 Å². The van der Waals surface area contributed by atoms with E-state index < -0.39 is 5.97 Å². The molecular formula is C15H19O3. The summed E-state index contributed by atoms with van der Waals surface area (Å²) in [6.07, 6.45) is 6.17. The maximum absolute atomic E-state index is 11.8. The van der Waals surface area contributed by atoms with Crippen molar-refractivity contribution in [3.63, 3.8) is 0 Å². The van der Waals surface area contributed by atoms with Gasteiger partial charge in [0, 0.05) is 0 Å². The van der Waals surface area contributed by atoms with Gasteiger partial charge < -0.3 is 0 Å². The highest BCUT2D eigenvalue weighted by molar-refractivity contribution is 5.89. The van der Waals surface area contributed by atoms with Crippen LogP contribution in [-0.2, 0) is 9.78 Å². The molecule has 1 aliphatic carbocycles. The van der Waals surface area contributed by atoms with Crippen molar-refractivity contribution in [1.82, 2.24) is 0 Å². The molecule has 0 amide bonds. The van der Waals surface area contributed by atoms with Gasteiger partial charge in [0.15, 0.2) is 0 Å². The second kappa shape index (κ2) is 6.01. The van der Waals surface area contributed by atoms with Crippen molar-refractivity contribution in [2.24, 2.45) is 0 Å². The lowest BCUT2D eigenvalue weighted by molar-refractivity contribution is -0.239. The Morgan fingerprint density at radius 1 is 1.00 bits per heavy atom. The summed E-state index contributed by atoms with van der Waals surface area (Å²) in [7, 11) is 0. The fraction of sp³-hybridized carbons (Fsp3) is 0.467. The second-order valence-corrected chi connectivity index (χ2v) is 4.93. The molecule has 0 aromatic heterocycles. The lowest BCUT2D eigenvalue weighted by atomic mass is 9.98. The number of benzene rings is 1. The Bertz CT molecular complexity index is 399. The Balaban J connectivity index is 1.90. The third-order valence-electron chi connectivity index (χ3n) is 3.10. The van der Waals surface area contributed by atoms with Crippen molar-refractivity contribution in [1.29, 1.82) is 0 Å². The molecule has 0 N–H and O–H groups in total. The van der Waals surface area contributed by atoms with Crippen molar-refractivity contribution >= 4 is 5.97 Å². The smallest absolute Gasteiger partial charge is 0.292 e.